The summed E-state index contributed by atoms with van der Waals surface area (Å²) in [6, 6.07) is 8.36. The Morgan fingerprint density at radius 2 is 1.72 bits per heavy atom. The highest BCUT2D eigenvalue weighted by atomic mass is 79.9. The highest BCUT2D eigenvalue weighted by Gasteiger charge is 2.22. The van der Waals surface area contributed by atoms with E-state index in [-0.39, 0.29) is 0 Å². The van der Waals surface area contributed by atoms with Crippen molar-refractivity contribution >= 4 is 15.9 Å². The van der Waals surface area contributed by atoms with Crippen molar-refractivity contribution in [3.63, 3.8) is 0 Å². The Balaban J connectivity index is 2.51. The number of ether oxygens (including phenoxy) is 1. The molecule has 0 bridgehead atoms. The Labute approximate surface area is 120 Å². The number of benzene rings is 1. The molecule has 0 aliphatic rings. The molecular weight excluding hydrogens is 288 g/mol. The molecule has 0 fully saturated rings. The first kappa shape index (κ1) is 15.6. The van der Waals surface area contributed by atoms with Crippen molar-refractivity contribution < 1.29 is 4.74 Å². The van der Waals surface area contributed by atoms with Gasteiger partial charge >= 0.3 is 0 Å². The van der Waals surface area contributed by atoms with E-state index in [2.05, 4.69) is 55.8 Å². The zero-order valence-corrected chi connectivity index (χ0v) is 13.8. The van der Waals surface area contributed by atoms with Crippen LogP contribution in [0.3, 0.4) is 0 Å². The second-order valence-corrected chi connectivity index (χ2v) is 7.45. The molecule has 2 unspecified atom stereocenters. The molecule has 0 spiro atoms. The lowest BCUT2D eigenvalue weighted by atomic mass is 9.79. The highest BCUT2D eigenvalue weighted by Crippen LogP contribution is 2.31. The number of rotatable bonds is 5. The van der Waals surface area contributed by atoms with Crippen LogP contribution in [0.4, 0.5) is 0 Å². The van der Waals surface area contributed by atoms with Crippen molar-refractivity contribution in [1.82, 2.24) is 0 Å². The Hall–Kier alpha value is -0.500. The van der Waals surface area contributed by atoms with Crippen LogP contribution in [0, 0.1) is 11.3 Å². The molecule has 0 heterocycles. The summed E-state index contributed by atoms with van der Waals surface area (Å²) in [5.74, 6) is 1.63. The third kappa shape index (κ3) is 5.01. The quantitative estimate of drug-likeness (QED) is 0.689. The molecule has 1 aromatic carbocycles. The zero-order valence-electron chi connectivity index (χ0n) is 12.2. The largest absolute Gasteiger partial charge is 0.497 e. The molecule has 0 aliphatic carbocycles. The lowest BCUT2D eigenvalue weighted by Gasteiger charge is -2.29. The minimum Gasteiger partial charge on any atom is -0.497 e. The first-order valence-electron chi connectivity index (χ1n) is 6.60. The van der Waals surface area contributed by atoms with Gasteiger partial charge in [0, 0.05) is 4.83 Å². The van der Waals surface area contributed by atoms with E-state index in [1.54, 1.807) is 7.11 Å². The van der Waals surface area contributed by atoms with Gasteiger partial charge < -0.3 is 4.74 Å². The Morgan fingerprint density at radius 1 is 1.17 bits per heavy atom. The van der Waals surface area contributed by atoms with E-state index in [9.17, 15) is 0 Å². The topological polar surface area (TPSA) is 9.23 Å². The first-order chi connectivity index (χ1) is 8.32. The van der Waals surface area contributed by atoms with Crippen molar-refractivity contribution in [2.75, 3.05) is 7.11 Å². The summed E-state index contributed by atoms with van der Waals surface area (Å²) >= 11 is 3.81. The van der Waals surface area contributed by atoms with Gasteiger partial charge in [-0.05, 0) is 41.9 Å². The second kappa shape index (κ2) is 6.60. The molecule has 0 aliphatic heterocycles. The summed E-state index contributed by atoms with van der Waals surface area (Å²) in [7, 11) is 1.70. The molecule has 1 aromatic rings. The van der Waals surface area contributed by atoms with Gasteiger partial charge in [-0.15, -0.1) is 0 Å². The average Bonchev–Trinajstić information content (AvgIpc) is 2.28. The zero-order chi connectivity index (χ0) is 13.8. The van der Waals surface area contributed by atoms with Gasteiger partial charge in [0.25, 0.3) is 0 Å². The molecule has 2 heteroatoms. The minimum atomic E-state index is 0.381. The first-order valence-corrected chi connectivity index (χ1v) is 7.51. The maximum Gasteiger partial charge on any atom is 0.118 e. The van der Waals surface area contributed by atoms with Crippen molar-refractivity contribution in [1.29, 1.82) is 0 Å². The fourth-order valence-electron chi connectivity index (χ4n) is 1.84. The van der Waals surface area contributed by atoms with Crippen LogP contribution < -0.4 is 4.74 Å². The van der Waals surface area contributed by atoms with Crippen LogP contribution in [0.25, 0.3) is 0 Å². The van der Waals surface area contributed by atoms with Crippen LogP contribution in [-0.4, -0.2) is 11.9 Å². The molecule has 2 atom stereocenters. The summed E-state index contributed by atoms with van der Waals surface area (Å²) in [5, 5.41) is 0. The van der Waals surface area contributed by atoms with Crippen molar-refractivity contribution in [3.05, 3.63) is 29.8 Å². The van der Waals surface area contributed by atoms with Gasteiger partial charge in [0.1, 0.15) is 5.75 Å². The Bertz CT molecular complexity index is 350. The Kier molecular flexibility index (Phi) is 5.71. The van der Waals surface area contributed by atoms with E-state index in [1.807, 2.05) is 12.1 Å². The standard InChI is InChI=1S/C16H25BrO/c1-12(16(2,3)4)10-14(17)11-13-6-8-15(18-5)9-7-13/h6-9,12,14H,10-11H2,1-5H3. The van der Waals surface area contributed by atoms with Gasteiger partial charge in [-0.2, -0.15) is 0 Å². The molecule has 0 amide bonds. The fraction of sp³-hybridized carbons (Fsp3) is 0.625. The molecule has 0 radical (unpaired) electrons. The van der Waals surface area contributed by atoms with Crippen LogP contribution in [-0.2, 0) is 6.42 Å². The summed E-state index contributed by atoms with van der Waals surface area (Å²) in [4.78, 5) is 0.542. The molecule has 1 nitrogen and oxygen atoms in total. The van der Waals surface area contributed by atoms with E-state index in [0.29, 0.717) is 16.2 Å². The molecule has 102 valence electrons. The minimum absolute atomic E-state index is 0.381. The lowest BCUT2D eigenvalue weighted by molar-refractivity contribution is 0.246. The third-order valence-electron chi connectivity index (χ3n) is 3.70. The van der Waals surface area contributed by atoms with E-state index in [1.165, 1.54) is 12.0 Å². The maximum atomic E-state index is 5.17. The molecule has 0 saturated carbocycles. The molecular formula is C16H25BrO. The third-order valence-corrected chi connectivity index (χ3v) is 4.40. The second-order valence-electron chi connectivity index (χ2n) is 6.15. The van der Waals surface area contributed by atoms with Gasteiger partial charge in [0.05, 0.1) is 7.11 Å². The molecule has 0 aromatic heterocycles. The molecule has 1 rings (SSSR count). The van der Waals surface area contributed by atoms with Gasteiger partial charge in [-0.1, -0.05) is 55.8 Å². The SMILES string of the molecule is COc1ccc(CC(Br)CC(C)C(C)(C)C)cc1. The van der Waals surface area contributed by atoms with Crippen LogP contribution in [0.5, 0.6) is 5.75 Å². The van der Waals surface area contributed by atoms with Crippen molar-refractivity contribution in [2.45, 2.75) is 45.4 Å². The summed E-state index contributed by atoms with van der Waals surface area (Å²) in [6.45, 7) is 9.27. The molecule has 0 saturated heterocycles. The number of alkyl halides is 1. The smallest absolute Gasteiger partial charge is 0.118 e. The predicted octanol–water partition coefficient (Wildman–Crippen LogP) is 5.07. The van der Waals surface area contributed by atoms with E-state index >= 15 is 0 Å². The van der Waals surface area contributed by atoms with E-state index < -0.39 is 0 Å². The number of methoxy groups -OCH3 is 1. The van der Waals surface area contributed by atoms with Crippen molar-refractivity contribution in [2.24, 2.45) is 11.3 Å². The monoisotopic (exact) mass is 312 g/mol. The van der Waals surface area contributed by atoms with Crippen LogP contribution in [0.2, 0.25) is 0 Å². The van der Waals surface area contributed by atoms with Gasteiger partial charge in [0.2, 0.25) is 0 Å². The number of halogens is 1. The summed E-state index contributed by atoms with van der Waals surface area (Å²) < 4.78 is 5.17. The predicted molar refractivity (Wildman–Crippen MR) is 82.6 cm³/mol. The number of hydrogen-bond acceptors (Lipinski definition) is 1. The summed E-state index contributed by atoms with van der Waals surface area (Å²) in [6.07, 6.45) is 2.28. The van der Waals surface area contributed by atoms with Gasteiger partial charge in [-0.25, -0.2) is 0 Å². The van der Waals surface area contributed by atoms with Crippen LogP contribution in [0.15, 0.2) is 24.3 Å². The van der Waals surface area contributed by atoms with E-state index in [4.69, 9.17) is 4.74 Å². The van der Waals surface area contributed by atoms with Crippen LogP contribution in [0.1, 0.15) is 39.7 Å². The Morgan fingerprint density at radius 3 is 2.17 bits per heavy atom. The van der Waals surface area contributed by atoms with E-state index in [0.717, 1.165) is 12.2 Å². The van der Waals surface area contributed by atoms with Gasteiger partial charge in [0.15, 0.2) is 0 Å². The lowest BCUT2D eigenvalue weighted by Crippen LogP contribution is -2.21. The molecule has 18 heavy (non-hydrogen) atoms. The summed E-state index contributed by atoms with van der Waals surface area (Å²) in [5.41, 5.74) is 1.74. The fourth-order valence-corrected chi connectivity index (χ4v) is 2.77. The molecule has 0 N–H and O–H groups in total. The van der Waals surface area contributed by atoms with Crippen LogP contribution >= 0.6 is 15.9 Å². The van der Waals surface area contributed by atoms with Crippen molar-refractivity contribution in [3.8, 4) is 5.75 Å². The normalized spacial score (nSPS) is 15.2. The highest BCUT2D eigenvalue weighted by molar-refractivity contribution is 9.09. The average molecular weight is 313 g/mol. The number of hydrogen-bond donors (Lipinski definition) is 0. The van der Waals surface area contributed by atoms with Gasteiger partial charge in [-0.3, -0.25) is 0 Å². The maximum absolute atomic E-state index is 5.17.